The summed E-state index contributed by atoms with van der Waals surface area (Å²) in [6, 6.07) is 0. The molecule has 0 fully saturated rings. The molecule has 0 aliphatic carbocycles. The van der Waals surface area contributed by atoms with Gasteiger partial charge >= 0.3 is 0 Å². The average molecular weight is 209 g/mol. The van der Waals surface area contributed by atoms with Gasteiger partial charge in [0.15, 0.2) is 0 Å². The monoisotopic (exact) mass is 209 g/mol. The van der Waals surface area contributed by atoms with Crippen LogP contribution in [0.5, 0.6) is 0 Å². The zero-order valence-electron chi connectivity index (χ0n) is 8.44. The highest BCUT2D eigenvalue weighted by molar-refractivity contribution is 7.14. The van der Waals surface area contributed by atoms with Crippen molar-refractivity contribution >= 4 is 16.3 Å². The third-order valence-corrected chi connectivity index (χ3v) is 3.01. The number of hydrogen-bond acceptors (Lipinski definition) is 3. The Morgan fingerprint density at radius 3 is 3.07 bits per heavy atom. The molecule has 3 nitrogen and oxygen atoms in total. The quantitative estimate of drug-likeness (QED) is 0.709. The van der Waals surface area contributed by atoms with E-state index in [2.05, 4.69) is 17.0 Å². The summed E-state index contributed by atoms with van der Waals surface area (Å²) in [5.74, 6) is 0. The Hall–Kier alpha value is -0.900. The van der Waals surface area contributed by atoms with Crippen LogP contribution in [0.25, 0.3) is 4.96 Å². The smallest absolute Gasteiger partial charge is 0.212 e. The van der Waals surface area contributed by atoms with Crippen molar-refractivity contribution in [3.63, 3.8) is 0 Å². The molecule has 0 spiro atoms. The fourth-order valence-corrected chi connectivity index (χ4v) is 2.16. The van der Waals surface area contributed by atoms with Crippen molar-refractivity contribution in [1.82, 2.24) is 14.6 Å². The maximum absolute atomic E-state index is 4.49. The zero-order chi connectivity index (χ0) is 9.80. The van der Waals surface area contributed by atoms with Crippen molar-refractivity contribution in [3.8, 4) is 0 Å². The Morgan fingerprint density at radius 2 is 2.29 bits per heavy atom. The van der Waals surface area contributed by atoms with E-state index in [1.165, 1.54) is 31.4 Å². The van der Waals surface area contributed by atoms with E-state index in [4.69, 9.17) is 0 Å². The molecule has 0 N–H and O–H groups in total. The van der Waals surface area contributed by atoms with Crippen molar-refractivity contribution in [1.29, 1.82) is 0 Å². The fraction of sp³-hybridized carbons (Fsp3) is 0.600. The third-order valence-electron chi connectivity index (χ3n) is 2.32. The fourth-order valence-electron chi connectivity index (χ4n) is 1.54. The van der Waals surface area contributed by atoms with Crippen molar-refractivity contribution in [3.05, 3.63) is 17.4 Å². The van der Waals surface area contributed by atoms with E-state index in [0.29, 0.717) is 0 Å². The van der Waals surface area contributed by atoms with E-state index in [1.54, 1.807) is 11.3 Å². The van der Waals surface area contributed by atoms with Crippen LogP contribution in [0.15, 0.2) is 11.7 Å². The molecular formula is C10H15N3S. The van der Waals surface area contributed by atoms with Crippen molar-refractivity contribution in [2.75, 3.05) is 0 Å². The Kier molecular flexibility index (Phi) is 3.14. The number of rotatable bonds is 5. The molecular weight excluding hydrogens is 194 g/mol. The second-order valence-corrected chi connectivity index (χ2v) is 4.32. The minimum absolute atomic E-state index is 1.01. The van der Waals surface area contributed by atoms with E-state index in [9.17, 15) is 0 Å². The van der Waals surface area contributed by atoms with Crippen molar-refractivity contribution < 1.29 is 0 Å². The van der Waals surface area contributed by atoms with Crippen LogP contribution in [0.1, 0.15) is 38.3 Å². The van der Waals surface area contributed by atoms with Gasteiger partial charge in [-0.2, -0.15) is 5.10 Å². The lowest BCUT2D eigenvalue weighted by Gasteiger charge is -1.95. The van der Waals surface area contributed by atoms with Crippen LogP contribution in [0.3, 0.4) is 0 Å². The predicted octanol–water partition coefficient (Wildman–Crippen LogP) is 2.91. The lowest BCUT2D eigenvalue weighted by Crippen LogP contribution is -1.85. The average Bonchev–Trinajstić information content (AvgIpc) is 2.72. The van der Waals surface area contributed by atoms with Gasteiger partial charge in [-0.1, -0.05) is 37.5 Å². The van der Waals surface area contributed by atoms with Gasteiger partial charge < -0.3 is 0 Å². The molecule has 0 radical (unpaired) electrons. The summed E-state index contributed by atoms with van der Waals surface area (Å²) in [7, 11) is 0. The highest BCUT2D eigenvalue weighted by Crippen LogP contribution is 2.11. The predicted molar refractivity (Wildman–Crippen MR) is 58.7 cm³/mol. The van der Waals surface area contributed by atoms with Crippen LogP contribution >= 0.6 is 11.3 Å². The molecule has 14 heavy (non-hydrogen) atoms. The summed E-state index contributed by atoms with van der Waals surface area (Å²) in [5.41, 5.74) is 3.00. The first kappa shape index (κ1) is 9.65. The van der Waals surface area contributed by atoms with Gasteiger partial charge in [0.2, 0.25) is 4.96 Å². The molecule has 2 rings (SSSR count). The second kappa shape index (κ2) is 4.55. The summed E-state index contributed by atoms with van der Waals surface area (Å²) < 4.78 is 1.86. The Morgan fingerprint density at radius 1 is 1.36 bits per heavy atom. The maximum Gasteiger partial charge on any atom is 0.212 e. The number of unbranched alkanes of at least 4 members (excludes halogenated alkanes) is 3. The highest BCUT2D eigenvalue weighted by Gasteiger charge is 2.02. The lowest BCUT2D eigenvalue weighted by atomic mass is 10.1. The first-order valence-electron chi connectivity index (χ1n) is 5.18. The van der Waals surface area contributed by atoms with Crippen molar-refractivity contribution in [2.45, 2.75) is 39.0 Å². The maximum atomic E-state index is 4.49. The number of aryl methyl sites for hydroxylation is 1. The molecule has 0 aromatic carbocycles. The molecule has 0 amide bonds. The van der Waals surface area contributed by atoms with Crippen molar-refractivity contribution in [2.24, 2.45) is 0 Å². The summed E-state index contributed by atoms with van der Waals surface area (Å²) in [5, 5.41) is 4.16. The highest BCUT2D eigenvalue weighted by atomic mass is 32.1. The molecule has 0 saturated heterocycles. The van der Waals surface area contributed by atoms with Gasteiger partial charge in [0, 0.05) is 0 Å². The number of aromatic nitrogens is 3. The minimum Gasteiger partial charge on any atom is -0.223 e. The van der Waals surface area contributed by atoms with Gasteiger partial charge in [-0.05, 0) is 12.8 Å². The first-order chi connectivity index (χ1) is 6.90. The van der Waals surface area contributed by atoms with Crippen LogP contribution in [0.2, 0.25) is 0 Å². The molecule has 2 aromatic heterocycles. The zero-order valence-corrected chi connectivity index (χ0v) is 9.26. The normalized spacial score (nSPS) is 11.2. The number of nitrogens with zero attached hydrogens (tertiary/aromatic N) is 3. The van der Waals surface area contributed by atoms with Crippen LogP contribution in [-0.4, -0.2) is 14.6 Å². The first-order valence-corrected chi connectivity index (χ1v) is 6.06. The molecule has 2 heterocycles. The summed E-state index contributed by atoms with van der Waals surface area (Å²) in [4.78, 5) is 5.50. The third kappa shape index (κ3) is 2.12. The number of imidazole rings is 1. The molecule has 4 heteroatoms. The molecule has 2 aromatic rings. The molecule has 76 valence electrons. The van der Waals surface area contributed by atoms with E-state index < -0.39 is 0 Å². The van der Waals surface area contributed by atoms with Crippen LogP contribution < -0.4 is 0 Å². The van der Waals surface area contributed by atoms with E-state index in [0.717, 1.165) is 11.4 Å². The topological polar surface area (TPSA) is 30.2 Å². The second-order valence-electron chi connectivity index (χ2n) is 3.51. The van der Waals surface area contributed by atoms with Gasteiger partial charge in [-0.15, -0.1) is 0 Å². The standard InChI is InChI=1S/C10H15N3S/c1-2-3-4-5-6-9-7-13-10(12-9)14-8-11-13/h7-8H,2-6H2,1H3. The Balaban J connectivity index is 1.89. The van der Waals surface area contributed by atoms with Gasteiger partial charge in [0.25, 0.3) is 0 Å². The summed E-state index contributed by atoms with van der Waals surface area (Å²) in [6.45, 7) is 2.23. The SMILES string of the molecule is CCCCCCc1cn2ncsc2n1. The molecule has 0 bridgehead atoms. The summed E-state index contributed by atoms with van der Waals surface area (Å²) in [6.07, 6.45) is 8.32. The van der Waals surface area contributed by atoms with Crippen LogP contribution in [-0.2, 0) is 6.42 Å². The van der Waals surface area contributed by atoms with Crippen LogP contribution in [0, 0.1) is 0 Å². The Labute approximate surface area is 87.8 Å². The lowest BCUT2D eigenvalue weighted by molar-refractivity contribution is 0.662. The molecule has 0 saturated carbocycles. The van der Waals surface area contributed by atoms with Gasteiger partial charge in [-0.3, -0.25) is 0 Å². The van der Waals surface area contributed by atoms with E-state index in [1.807, 2.05) is 16.2 Å². The summed E-state index contributed by atoms with van der Waals surface area (Å²) >= 11 is 1.59. The molecule has 0 unspecified atom stereocenters. The largest absolute Gasteiger partial charge is 0.223 e. The molecule has 0 aliphatic rings. The van der Waals surface area contributed by atoms with Gasteiger partial charge in [0.1, 0.15) is 5.51 Å². The van der Waals surface area contributed by atoms with Crippen LogP contribution in [0.4, 0.5) is 0 Å². The van der Waals surface area contributed by atoms with Gasteiger partial charge in [0.05, 0.1) is 11.9 Å². The Bertz CT molecular complexity index is 362. The minimum atomic E-state index is 1.01. The van der Waals surface area contributed by atoms with E-state index >= 15 is 0 Å². The molecule has 0 atom stereocenters. The number of hydrogen-bond donors (Lipinski definition) is 0. The van der Waals surface area contributed by atoms with Gasteiger partial charge in [-0.25, -0.2) is 9.50 Å². The molecule has 0 aliphatic heterocycles. The van der Waals surface area contributed by atoms with E-state index in [-0.39, 0.29) is 0 Å². The number of fused-ring (bicyclic) bond motifs is 1.